The first-order chi connectivity index (χ1) is 11.7. The molecule has 0 aliphatic rings. The number of pyridine rings is 1. The molecule has 3 rings (SSSR count). The Morgan fingerprint density at radius 1 is 1.08 bits per heavy atom. The second-order valence-corrected chi connectivity index (χ2v) is 8.13. The fourth-order valence-electron chi connectivity index (χ4n) is 2.78. The highest BCUT2D eigenvalue weighted by atomic mass is 32.2. The Kier molecular flexibility index (Phi) is 4.30. The summed E-state index contributed by atoms with van der Waals surface area (Å²) in [7, 11) is -3.23. The maximum absolute atomic E-state index is 11.6. The minimum absolute atomic E-state index is 0.171. The van der Waals surface area contributed by atoms with Crippen molar-refractivity contribution in [3.63, 3.8) is 0 Å². The molecule has 3 aromatic rings. The summed E-state index contributed by atoms with van der Waals surface area (Å²) in [4.78, 5) is 16.1. The summed E-state index contributed by atoms with van der Waals surface area (Å²) in [6.07, 6.45) is 1.35. The largest absolute Gasteiger partial charge is 0.369 e. The standard InChI is InChI=1S/C19H18N2O3S/c1-12-9-17(14-4-6-15(7-5-14)25(2,23)24)21-18-10-13(11-19(20)22)3-8-16(12)18/h3-10H,11H2,1-2H3,(H2,20,22). The van der Waals surface area contributed by atoms with Crippen molar-refractivity contribution < 1.29 is 13.2 Å². The molecule has 6 heteroatoms. The zero-order valence-electron chi connectivity index (χ0n) is 14.0. The Balaban J connectivity index is 2.08. The van der Waals surface area contributed by atoms with Gasteiger partial charge in [-0.15, -0.1) is 0 Å². The van der Waals surface area contributed by atoms with Gasteiger partial charge in [-0.1, -0.05) is 24.3 Å². The molecule has 0 radical (unpaired) electrons. The molecule has 1 aromatic heterocycles. The van der Waals surface area contributed by atoms with E-state index in [4.69, 9.17) is 5.73 Å². The van der Waals surface area contributed by atoms with Gasteiger partial charge < -0.3 is 5.73 Å². The van der Waals surface area contributed by atoms with Crippen LogP contribution in [0.5, 0.6) is 0 Å². The van der Waals surface area contributed by atoms with Crippen LogP contribution in [0.15, 0.2) is 53.4 Å². The summed E-state index contributed by atoms with van der Waals surface area (Å²) in [5, 5.41) is 1.00. The predicted molar refractivity (Wildman–Crippen MR) is 97.9 cm³/mol. The fourth-order valence-corrected chi connectivity index (χ4v) is 3.41. The Labute approximate surface area is 146 Å². The number of amides is 1. The van der Waals surface area contributed by atoms with E-state index in [1.807, 2.05) is 31.2 Å². The highest BCUT2D eigenvalue weighted by Crippen LogP contribution is 2.26. The van der Waals surface area contributed by atoms with E-state index in [1.54, 1.807) is 24.3 Å². The van der Waals surface area contributed by atoms with Crippen molar-refractivity contribution in [3.05, 3.63) is 59.7 Å². The van der Waals surface area contributed by atoms with Crippen LogP contribution in [0.3, 0.4) is 0 Å². The van der Waals surface area contributed by atoms with E-state index in [-0.39, 0.29) is 17.2 Å². The molecule has 1 amide bonds. The number of aryl methyl sites for hydroxylation is 1. The van der Waals surface area contributed by atoms with Gasteiger partial charge in [-0.25, -0.2) is 13.4 Å². The first-order valence-electron chi connectivity index (χ1n) is 7.73. The van der Waals surface area contributed by atoms with Crippen LogP contribution >= 0.6 is 0 Å². The molecule has 0 fully saturated rings. The van der Waals surface area contributed by atoms with E-state index < -0.39 is 9.84 Å². The van der Waals surface area contributed by atoms with E-state index in [9.17, 15) is 13.2 Å². The summed E-state index contributed by atoms with van der Waals surface area (Å²) >= 11 is 0. The molecule has 1 heterocycles. The Morgan fingerprint density at radius 3 is 2.36 bits per heavy atom. The number of primary amides is 1. The number of aromatic nitrogens is 1. The van der Waals surface area contributed by atoms with Crippen molar-refractivity contribution in [3.8, 4) is 11.3 Å². The lowest BCUT2D eigenvalue weighted by Gasteiger charge is -2.09. The number of fused-ring (bicyclic) bond motifs is 1. The normalized spacial score (nSPS) is 11.6. The average molecular weight is 354 g/mol. The lowest BCUT2D eigenvalue weighted by atomic mass is 10.0. The van der Waals surface area contributed by atoms with Crippen LogP contribution in [0.2, 0.25) is 0 Å². The first-order valence-corrected chi connectivity index (χ1v) is 9.62. The van der Waals surface area contributed by atoms with Crippen LogP contribution < -0.4 is 5.73 Å². The molecule has 2 N–H and O–H groups in total. The number of hydrogen-bond donors (Lipinski definition) is 1. The maximum atomic E-state index is 11.6. The molecular formula is C19H18N2O3S. The monoisotopic (exact) mass is 354 g/mol. The highest BCUT2D eigenvalue weighted by Gasteiger charge is 2.10. The third-order valence-electron chi connectivity index (χ3n) is 4.04. The van der Waals surface area contributed by atoms with Gasteiger partial charge in [0.2, 0.25) is 5.91 Å². The summed E-state index contributed by atoms with van der Waals surface area (Å²) in [6, 6.07) is 14.3. The van der Waals surface area contributed by atoms with Gasteiger partial charge in [-0.3, -0.25) is 4.79 Å². The Hall–Kier alpha value is -2.73. The van der Waals surface area contributed by atoms with Gasteiger partial charge >= 0.3 is 0 Å². The molecule has 0 unspecified atom stereocenters. The molecule has 0 saturated carbocycles. The minimum Gasteiger partial charge on any atom is -0.369 e. The van der Waals surface area contributed by atoms with Gasteiger partial charge in [0.15, 0.2) is 9.84 Å². The van der Waals surface area contributed by atoms with E-state index in [2.05, 4.69) is 4.98 Å². The number of benzene rings is 2. The molecule has 0 saturated heterocycles. The summed E-state index contributed by atoms with van der Waals surface area (Å²) in [5.41, 5.74) is 9.49. The van der Waals surface area contributed by atoms with Crippen molar-refractivity contribution in [1.29, 1.82) is 0 Å². The SMILES string of the molecule is Cc1cc(-c2ccc(S(C)(=O)=O)cc2)nc2cc(CC(N)=O)ccc12. The van der Waals surface area contributed by atoms with E-state index in [1.165, 1.54) is 6.26 Å². The highest BCUT2D eigenvalue weighted by molar-refractivity contribution is 7.90. The number of carbonyl (C=O) groups is 1. The predicted octanol–water partition coefficient (Wildman–Crippen LogP) is 2.64. The van der Waals surface area contributed by atoms with Gasteiger partial charge in [0.1, 0.15) is 0 Å². The number of sulfone groups is 1. The van der Waals surface area contributed by atoms with Crippen molar-refractivity contribution in [2.45, 2.75) is 18.2 Å². The van der Waals surface area contributed by atoms with Gasteiger partial charge in [0.05, 0.1) is 22.5 Å². The van der Waals surface area contributed by atoms with Crippen LogP contribution in [-0.4, -0.2) is 25.6 Å². The second-order valence-electron chi connectivity index (χ2n) is 6.12. The molecule has 0 aliphatic heterocycles. The Bertz CT molecular complexity index is 1070. The number of carbonyl (C=O) groups excluding carboxylic acids is 1. The topological polar surface area (TPSA) is 90.1 Å². The van der Waals surface area contributed by atoms with Gasteiger partial charge in [-0.2, -0.15) is 0 Å². The molecule has 2 aromatic carbocycles. The molecule has 0 aliphatic carbocycles. The lowest BCUT2D eigenvalue weighted by molar-refractivity contribution is -0.117. The number of rotatable bonds is 4. The molecule has 0 bridgehead atoms. The zero-order valence-corrected chi connectivity index (χ0v) is 14.8. The number of nitrogens with two attached hydrogens (primary N) is 1. The molecular weight excluding hydrogens is 336 g/mol. The minimum atomic E-state index is -3.23. The molecule has 0 atom stereocenters. The van der Waals surface area contributed by atoms with Crippen LogP contribution in [0.1, 0.15) is 11.1 Å². The van der Waals surface area contributed by atoms with Gasteiger partial charge in [-0.05, 0) is 42.3 Å². The number of hydrogen-bond acceptors (Lipinski definition) is 4. The molecule has 5 nitrogen and oxygen atoms in total. The molecule has 25 heavy (non-hydrogen) atoms. The van der Waals surface area contributed by atoms with Crippen LogP contribution in [-0.2, 0) is 21.1 Å². The van der Waals surface area contributed by atoms with Crippen molar-refractivity contribution in [1.82, 2.24) is 4.98 Å². The van der Waals surface area contributed by atoms with E-state index >= 15 is 0 Å². The molecule has 0 spiro atoms. The van der Waals surface area contributed by atoms with Crippen molar-refractivity contribution in [2.24, 2.45) is 5.73 Å². The summed E-state index contributed by atoms with van der Waals surface area (Å²) in [5.74, 6) is -0.386. The van der Waals surface area contributed by atoms with Crippen LogP contribution in [0, 0.1) is 6.92 Å². The number of nitrogens with zero attached hydrogens (tertiary/aromatic N) is 1. The van der Waals surface area contributed by atoms with Crippen molar-refractivity contribution in [2.75, 3.05) is 6.26 Å². The first kappa shape index (κ1) is 17.1. The Morgan fingerprint density at radius 2 is 1.76 bits per heavy atom. The third kappa shape index (κ3) is 3.69. The second kappa shape index (κ2) is 6.29. The fraction of sp³-hybridized carbons (Fsp3) is 0.158. The average Bonchev–Trinajstić information content (AvgIpc) is 2.53. The van der Waals surface area contributed by atoms with E-state index in [0.29, 0.717) is 0 Å². The summed E-state index contributed by atoms with van der Waals surface area (Å²) < 4.78 is 23.2. The zero-order chi connectivity index (χ0) is 18.2. The quantitative estimate of drug-likeness (QED) is 0.780. The summed E-state index contributed by atoms with van der Waals surface area (Å²) in [6.45, 7) is 1.99. The lowest BCUT2D eigenvalue weighted by Crippen LogP contribution is -2.13. The van der Waals surface area contributed by atoms with Gasteiger partial charge in [0, 0.05) is 17.2 Å². The molecule has 128 valence electrons. The van der Waals surface area contributed by atoms with Gasteiger partial charge in [0.25, 0.3) is 0 Å². The third-order valence-corrected chi connectivity index (χ3v) is 5.17. The maximum Gasteiger partial charge on any atom is 0.221 e. The van der Waals surface area contributed by atoms with Crippen molar-refractivity contribution >= 4 is 26.6 Å². The smallest absolute Gasteiger partial charge is 0.221 e. The van der Waals surface area contributed by atoms with E-state index in [0.717, 1.165) is 33.3 Å². The van der Waals surface area contributed by atoms with Crippen LogP contribution in [0.25, 0.3) is 22.2 Å². The van der Waals surface area contributed by atoms with Crippen LogP contribution in [0.4, 0.5) is 0 Å².